The van der Waals surface area contributed by atoms with Crippen molar-refractivity contribution in [3.8, 4) is 0 Å². The van der Waals surface area contributed by atoms with E-state index in [2.05, 4.69) is 109 Å². The zero-order valence-corrected chi connectivity index (χ0v) is 19.7. The minimum atomic E-state index is 0.138. The maximum Gasteiger partial charge on any atom is 0.185 e. The molecule has 0 amide bonds. The van der Waals surface area contributed by atoms with Crippen molar-refractivity contribution in [3.63, 3.8) is 0 Å². The highest BCUT2D eigenvalue weighted by Gasteiger charge is 2.25. The van der Waals surface area contributed by atoms with E-state index in [1.165, 1.54) is 11.1 Å². The van der Waals surface area contributed by atoms with Crippen molar-refractivity contribution in [2.45, 2.75) is 72.1 Å². The molecule has 1 nitrogen and oxygen atoms in total. The Morgan fingerprint density at radius 2 is 1.00 bits per heavy atom. The second-order valence-electron chi connectivity index (χ2n) is 10.9. The van der Waals surface area contributed by atoms with Crippen molar-refractivity contribution >= 4 is 17.9 Å². The van der Waals surface area contributed by atoms with Crippen molar-refractivity contribution in [1.29, 1.82) is 0 Å². The summed E-state index contributed by atoms with van der Waals surface area (Å²) in [7, 11) is 0. The smallest absolute Gasteiger partial charge is 0.185 e. The molecule has 30 heavy (non-hydrogen) atoms. The average molecular weight is 401 g/mol. The lowest BCUT2D eigenvalue weighted by Gasteiger charge is -2.23. The van der Waals surface area contributed by atoms with Gasteiger partial charge in [-0.2, -0.15) is 0 Å². The minimum Gasteiger partial charge on any atom is -0.289 e. The van der Waals surface area contributed by atoms with Gasteiger partial charge in [0.05, 0.1) is 0 Å². The second-order valence-corrected chi connectivity index (χ2v) is 10.9. The van der Waals surface area contributed by atoms with E-state index in [9.17, 15) is 4.79 Å². The standard InChI is InChI=1S/C29H36O/c1-20-16-23(18-21-8-12-25(13-9-21)28(2,3)4)27(30)24(17-20)19-22-10-14-26(15-11-22)29(5,6)7/h8-15,18-20H,16-17H2,1-7H3/b23-18+,24-19+. The summed E-state index contributed by atoms with van der Waals surface area (Å²) in [4.78, 5) is 13.2. The number of hydrogen-bond donors (Lipinski definition) is 0. The molecule has 0 aromatic heterocycles. The second kappa shape index (κ2) is 8.38. The number of rotatable bonds is 2. The fourth-order valence-corrected chi connectivity index (χ4v) is 4.02. The van der Waals surface area contributed by atoms with Crippen LogP contribution in [0.25, 0.3) is 12.2 Å². The molecule has 1 heteroatoms. The van der Waals surface area contributed by atoms with Crippen LogP contribution in [0.3, 0.4) is 0 Å². The fourth-order valence-electron chi connectivity index (χ4n) is 4.02. The summed E-state index contributed by atoms with van der Waals surface area (Å²) in [6.07, 6.45) is 5.86. The van der Waals surface area contributed by atoms with Crippen LogP contribution < -0.4 is 0 Å². The maximum atomic E-state index is 13.2. The Bertz CT molecular complexity index is 876. The molecule has 0 N–H and O–H groups in total. The lowest BCUT2D eigenvalue weighted by Crippen LogP contribution is -2.18. The molecule has 1 aliphatic rings. The van der Waals surface area contributed by atoms with Gasteiger partial charge in [0.25, 0.3) is 0 Å². The van der Waals surface area contributed by atoms with Crippen LogP contribution in [-0.2, 0) is 15.6 Å². The normalized spacial score (nSPS) is 20.8. The van der Waals surface area contributed by atoms with Crippen LogP contribution in [0.4, 0.5) is 0 Å². The fraction of sp³-hybridized carbons (Fsp3) is 0.414. The predicted molar refractivity (Wildman–Crippen MR) is 130 cm³/mol. The molecular formula is C29H36O. The van der Waals surface area contributed by atoms with Gasteiger partial charge in [-0.25, -0.2) is 0 Å². The summed E-state index contributed by atoms with van der Waals surface area (Å²) in [5.41, 5.74) is 6.96. The van der Waals surface area contributed by atoms with Crippen LogP contribution in [0.5, 0.6) is 0 Å². The van der Waals surface area contributed by atoms with Gasteiger partial charge in [-0.05, 0) is 64.0 Å². The van der Waals surface area contributed by atoms with Gasteiger partial charge in [0, 0.05) is 11.1 Å². The molecular weight excluding hydrogens is 364 g/mol. The Morgan fingerprint density at radius 1 is 0.667 bits per heavy atom. The molecule has 0 spiro atoms. The van der Waals surface area contributed by atoms with Crippen LogP contribution in [0.1, 0.15) is 83.6 Å². The lowest BCUT2D eigenvalue weighted by atomic mass is 9.80. The Hall–Kier alpha value is -2.41. The number of carbonyl (C=O) groups is 1. The largest absolute Gasteiger partial charge is 0.289 e. The van der Waals surface area contributed by atoms with Gasteiger partial charge in [-0.1, -0.05) is 97.0 Å². The van der Waals surface area contributed by atoms with Crippen molar-refractivity contribution in [2.75, 3.05) is 0 Å². The summed E-state index contributed by atoms with van der Waals surface area (Å²) < 4.78 is 0. The molecule has 1 saturated carbocycles. The van der Waals surface area contributed by atoms with E-state index in [1.54, 1.807) is 0 Å². The Labute approximate surface area is 182 Å². The van der Waals surface area contributed by atoms with Crippen LogP contribution >= 0.6 is 0 Å². The van der Waals surface area contributed by atoms with Gasteiger partial charge < -0.3 is 0 Å². The van der Waals surface area contributed by atoms with Gasteiger partial charge in [-0.3, -0.25) is 4.79 Å². The van der Waals surface area contributed by atoms with E-state index in [4.69, 9.17) is 0 Å². The number of allylic oxidation sites excluding steroid dienone is 2. The summed E-state index contributed by atoms with van der Waals surface area (Å²) in [5.74, 6) is 0.677. The van der Waals surface area contributed by atoms with E-state index in [1.807, 2.05) is 0 Å². The number of Topliss-reactive ketones (excluding diaryl/α,β-unsaturated/α-hetero) is 1. The first-order chi connectivity index (χ1) is 13.9. The monoisotopic (exact) mass is 400 g/mol. The molecule has 0 heterocycles. The van der Waals surface area contributed by atoms with Crippen molar-refractivity contribution < 1.29 is 4.79 Å². The maximum absolute atomic E-state index is 13.2. The molecule has 0 bridgehead atoms. The predicted octanol–water partition coefficient (Wildman–Crippen LogP) is 7.75. The zero-order chi connectivity index (χ0) is 22.1. The summed E-state index contributed by atoms with van der Waals surface area (Å²) in [6, 6.07) is 17.2. The topological polar surface area (TPSA) is 17.1 Å². The van der Waals surface area contributed by atoms with Crippen LogP contribution in [-0.4, -0.2) is 5.78 Å². The molecule has 0 aliphatic heterocycles. The first-order valence-electron chi connectivity index (χ1n) is 11.1. The van der Waals surface area contributed by atoms with E-state index in [-0.39, 0.29) is 16.6 Å². The van der Waals surface area contributed by atoms with E-state index in [0.717, 1.165) is 35.1 Å². The molecule has 0 saturated heterocycles. The summed E-state index contributed by atoms with van der Waals surface area (Å²) in [6.45, 7) is 15.6. The Morgan fingerprint density at radius 3 is 1.30 bits per heavy atom. The van der Waals surface area contributed by atoms with Gasteiger partial charge >= 0.3 is 0 Å². The Balaban J connectivity index is 1.86. The summed E-state index contributed by atoms with van der Waals surface area (Å²) in [5, 5.41) is 0. The molecule has 2 aromatic rings. The summed E-state index contributed by atoms with van der Waals surface area (Å²) >= 11 is 0. The number of hydrogen-bond acceptors (Lipinski definition) is 1. The van der Waals surface area contributed by atoms with Crippen molar-refractivity contribution in [3.05, 3.63) is 81.9 Å². The Kier molecular flexibility index (Phi) is 6.22. The van der Waals surface area contributed by atoms with Gasteiger partial charge in [0.1, 0.15) is 0 Å². The minimum absolute atomic E-state index is 0.138. The highest BCUT2D eigenvalue weighted by atomic mass is 16.1. The van der Waals surface area contributed by atoms with Crippen LogP contribution in [0, 0.1) is 5.92 Å². The third-order valence-corrected chi connectivity index (χ3v) is 5.96. The molecule has 1 fully saturated rings. The average Bonchev–Trinajstić information content (AvgIpc) is 2.65. The van der Waals surface area contributed by atoms with E-state index in [0.29, 0.717) is 5.92 Å². The van der Waals surface area contributed by atoms with Gasteiger partial charge in [0.2, 0.25) is 0 Å². The lowest BCUT2D eigenvalue weighted by molar-refractivity contribution is -0.113. The first-order valence-corrected chi connectivity index (χ1v) is 11.1. The third kappa shape index (κ3) is 5.39. The zero-order valence-electron chi connectivity index (χ0n) is 19.7. The molecule has 158 valence electrons. The molecule has 0 unspecified atom stereocenters. The number of carbonyl (C=O) groups excluding carboxylic acids is 1. The highest BCUT2D eigenvalue weighted by molar-refractivity contribution is 6.14. The van der Waals surface area contributed by atoms with E-state index >= 15 is 0 Å². The van der Waals surface area contributed by atoms with E-state index < -0.39 is 0 Å². The molecule has 0 atom stereocenters. The third-order valence-electron chi connectivity index (χ3n) is 5.96. The molecule has 0 radical (unpaired) electrons. The van der Waals surface area contributed by atoms with Gasteiger partial charge in [0.15, 0.2) is 5.78 Å². The van der Waals surface area contributed by atoms with Crippen LogP contribution in [0.2, 0.25) is 0 Å². The van der Waals surface area contributed by atoms with Crippen molar-refractivity contribution in [2.24, 2.45) is 5.92 Å². The first kappa shape index (κ1) is 22.3. The SMILES string of the molecule is CC1C/C(=C\c2ccc(C(C)(C)C)cc2)C(=O)/C(=C/c2ccc(C(C)(C)C)cc2)C1. The van der Waals surface area contributed by atoms with Crippen molar-refractivity contribution in [1.82, 2.24) is 0 Å². The molecule has 2 aromatic carbocycles. The highest BCUT2D eigenvalue weighted by Crippen LogP contribution is 2.33. The molecule has 3 rings (SSSR count). The number of benzene rings is 2. The molecule has 1 aliphatic carbocycles. The number of ketones is 1. The quantitative estimate of drug-likeness (QED) is 0.471. The van der Waals surface area contributed by atoms with Gasteiger partial charge in [-0.15, -0.1) is 0 Å². The van der Waals surface area contributed by atoms with Crippen LogP contribution in [0.15, 0.2) is 59.7 Å².